The molecule has 0 aliphatic heterocycles. The number of rotatable bonds is 6. The standard InChI is InChI=1S/C18H17BrN4O4S/c1-11(18-21-12(2)22-27-18)20-17(24)13-4-3-5-16(10-13)28(25,26)23-15-8-6-14(19)7-9-15/h3-11,23H,1-2H3,(H,20,24). The van der Waals surface area contributed by atoms with Gasteiger partial charge in [-0.15, -0.1) is 0 Å². The van der Waals surface area contributed by atoms with Gasteiger partial charge < -0.3 is 9.84 Å². The summed E-state index contributed by atoms with van der Waals surface area (Å²) in [6.45, 7) is 3.37. The first-order valence-corrected chi connectivity index (χ1v) is 10.5. The monoisotopic (exact) mass is 464 g/mol. The van der Waals surface area contributed by atoms with Crippen molar-refractivity contribution in [3.05, 3.63) is 70.3 Å². The van der Waals surface area contributed by atoms with E-state index in [1.54, 1.807) is 38.1 Å². The van der Waals surface area contributed by atoms with Gasteiger partial charge in [0.25, 0.3) is 15.9 Å². The number of nitrogens with zero attached hydrogens (tertiary/aromatic N) is 2. The van der Waals surface area contributed by atoms with Gasteiger partial charge in [-0.05, 0) is 56.3 Å². The lowest BCUT2D eigenvalue weighted by atomic mass is 10.2. The summed E-state index contributed by atoms with van der Waals surface area (Å²) in [7, 11) is -3.85. The Morgan fingerprint density at radius 3 is 2.54 bits per heavy atom. The molecule has 0 radical (unpaired) electrons. The Bertz CT molecular complexity index is 1100. The summed E-state index contributed by atoms with van der Waals surface area (Å²) >= 11 is 3.30. The van der Waals surface area contributed by atoms with Crippen molar-refractivity contribution in [2.45, 2.75) is 24.8 Å². The fraction of sp³-hybridized carbons (Fsp3) is 0.167. The SMILES string of the molecule is Cc1noc(C(C)NC(=O)c2cccc(S(=O)(=O)Nc3ccc(Br)cc3)c2)n1. The maximum atomic E-state index is 12.6. The smallest absolute Gasteiger partial charge is 0.261 e. The van der Waals surface area contributed by atoms with Crippen LogP contribution in [-0.2, 0) is 10.0 Å². The average molecular weight is 465 g/mol. The van der Waals surface area contributed by atoms with Crippen molar-refractivity contribution in [2.24, 2.45) is 0 Å². The Morgan fingerprint density at radius 2 is 1.89 bits per heavy atom. The summed E-state index contributed by atoms with van der Waals surface area (Å²) in [5.41, 5.74) is 0.611. The van der Waals surface area contributed by atoms with Crippen LogP contribution >= 0.6 is 15.9 Å². The van der Waals surface area contributed by atoms with Crippen LogP contribution < -0.4 is 10.0 Å². The number of benzene rings is 2. The normalized spacial score (nSPS) is 12.4. The number of anilines is 1. The second-order valence-electron chi connectivity index (χ2n) is 6.02. The number of amides is 1. The third-order valence-electron chi connectivity index (χ3n) is 3.76. The molecule has 0 bridgehead atoms. The lowest BCUT2D eigenvalue weighted by Crippen LogP contribution is -2.27. The Hall–Kier alpha value is -2.72. The van der Waals surface area contributed by atoms with Gasteiger partial charge >= 0.3 is 0 Å². The minimum Gasteiger partial charge on any atom is -0.341 e. The number of carbonyl (C=O) groups is 1. The first kappa shape index (κ1) is 20.0. The molecule has 1 unspecified atom stereocenters. The molecule has 1 atom stereocenters. The van der Waals surface area contributed by atoms with Gasteiger partial charge in [0.2, 0.25) is 5.89 Å². The Labute approximate surface area is 170 Å². The number of sulfonamides is 1. The zero-order valence-corrected chi connectivity index (χ0v) is 17.4. The van der Waals surface area contributed by atoms with Crippen molar-refractivity contribution in [3.8, 4) is 0 Å². The lowest BCUT2D eigenvalue weighted by molar-refractivity contribution is 0.0932. The fourth-order valence-electron chi connectivity index (χ4n) is 2.37. The Morgan fingerprint density at radius 1 is 1.18 bits per heavy atom. The third kappa shape index (κ3) is 4.76. The fourth-order valence-corrected chi connectivity index (χ4v) is 3.74. The number of halogens is 1. The molecule has 0 fully saturated rings. The highest BCUT2D eigenvalue weighted by Gasteiger charge is 2.19. The minimum absolute atomic E-state index is 0.0237. The first-order valence-electron chi connectivity index (χ1n) is 8.24. The van der Waals surface area contributed by atoms with E-state index >= 15 is 0 Å². The van der Waals surface area contributed by atoms with Gasteiger partial charge in [-0.2, -0.15) is 4.98 Å². The van der Waals surface area contributed by atoms with Gasteiger partial charge in [0.1, 0.15) is 6.04 Å². The molecule has 10 heteroatoms. The van der Waals surface area contributed by atoms with Crippen LogP contribution in [0.4, 0.5) is 5.69 Å². The largest absolute Gasteiger partial charge is 0.341 e. The maximum absolute atomic E-state index is 12.6. The van der Waals surface area contributed by atoms with Crippen molar-refractivity contribution in [3.63, 3.8) is 0 Å². The molecule has 1 aromatic heterocycles. The highest BCUT2D eigenvalue weighted by Crippen LogP contribution is 2.20. The van der Waals surface area contributed by atoms with Gasteiger partial charge in [0.15, 0.2) is 5.82 Å². The summed E-state index contributed by atoms with van der Waals surface area (Å²) in [4.78, 5) is 16.5. The summed E-state index contributed by atoms with van der Waals surface area (Å²) in [5, 5.41) is 6.39. The molecule has 0 aliphatic rings. The van der Waals surface area contributed by atoms with Gasteiger partial charge in [0, 0.05) is 15.7 Å². The van der Waals surface area contributed by atoms with Crippen molar-refractivity contribution in [1.82, 2.24) is 15.5 Å². The number of hydrogen-bond acceptors (Lipinski definition) is 6. The van der Waals surface area contributed by atoms with Crippen LogP contribution in [0.2, 0.25) is 0 Å². The van der Waals surface area contributed by atoms with Crippen molar-refractivity contribution >= 4 is 37.5 Å². The van der Waals surface area contributed by atoms with Crippen LogP contribution in [0, 0.1) is 6.92 Å². The van der Waals surface area contributed by atoms with E-state index in [0.717, 1.165) is 4.47 Å². The molecule has 28 heavy (non-hydrogen) atoms. The molecule has 3 aromatic rings. The number of hydrogen-bond donors (Lipinski definition) is 2. The predicted octanol–water partition coefficient (Wildman–Crippen LogP) is 3.43. The molecular weight excluding hydrogens is 448 g/mol. The van der Waals surface area contributed by atoms with E-state index in [1.807, 2.05) is 0 Å². The zero-order chi connectivity index (χ0) is 20.3. The first-order chi connectivity index (χ1) is 13.2. The molecular formula is C18H17BrN4O4S. The van der Waals surface area contributed by atoms with Crippen molar-refractivity contribution in [2.75, 3.05) is 4.72 Å². The molecule has 0 saturated carbocycles. The van der Waals surface area contributed by atoms with Crippen LogP contribution in [0.5, 0.6) is 0 Å². The van der Waals surface area contributed by atoms with Crippen LogP contribution in [-0.4, -0.2) is 24.5 Å². The maximum Gasteiger partial charge on any atom is 0.261 e. The molecule has 8 nitrogen and oxygen atoms in total. The second kappa shape index (κ2) is 8.11. The summed E-state index contributed by atoms with van der Waals surface area (Å²) in [6.07, 6.45) is 0. The predicted molar refractivity (Wildman–Crippen MR) is 106 cm³/mol. The molecule has 3 rings (SSSR count). The molecule has 1 heterocycles. The topological polar surface area (TPSA) is 114 Å². The summed E-state index contributed by atoms with van der Waals surface area (Å²) in [6, 6.07) is 12.0. The lowest BCUT2D eigenvalue weighted by Gasteiger charge is -2.12. The van der Waals surface area contributed by atoms with Crippen LogP contribution in [0.15, 0.2) is 62.4 Å². The molecule has 2 N–H and O–H groups in total. The van der Waals surface area contributed by atoms with E-state index < -0.39 is 22.0 Å². The third-order valence-corrected chi connectivity index (χ3v) is 5.67. The van der Waals surface area contributed by atoms with Gasteiger partial charge in [-0.25, -0.2) is 8.42 Å². The van der Waals surface area contributed by atoms with Gasteiger partial charge in [-0.3, -0.25) is 9.52 Å². The molecule has 2 aromatic carbocycles. The van der Waals surface area contributed by atoms with E-state index in [9.17, 15) is 13.2 Å². The highest BCUT2D eigenvalue weighted by atomic mass is 79.9. The van der Waals surface area contributed by atoms with Crippen LogP contribution in [0.25, 0.3) is 0 Å². The summed E-state index contributed by atoms with van der Waals surface area (Å²) < 4.78 is 33.6. The Kier molecular flexibility index (Phi) is 5.80. The van der Waals surface area contributed by atoms with E-state index in [4.69, 9.17) is 4.52 Å². The minimum atomic E-state index is -3.85. The van der Waals surface area contributed by atoms with Gasteiger partial charge in [0.05, 0.1) is 4.90 Å². The van der Waals surface area contributed by atoms with Crippen molar-refractivity contribution < 1.29 is 17.7 Å². The average Bonchev–Trinajstić information content (AvgIpc) is 3.10. The van der Waals surface area contributed by atoms with Crippen molar-refractivity contribution in [1.29, 1.82) is 0 Å². The molecule has 146 valence electrons. The van der Waals surface area contributed by atoms with Crippen LogP contribution in [0.1, 0.15) is 35.0 Å². The number of aryl methyl sites for hydroxylation is 1. The number of carbonyl (C=O) groups excluding carboxylic acids is 1. The number of aromatic nitrogens is 2. The van der Waals surface area contributed by atoms with Gasteiger partial charge in [-0.1, -0.05) is 27.2 Å². The summed E-state index contributed by atoms with van der Waals surface area (Å²) in [5.74, 6) is 0.277. The molecule has 0 saturated heterocycles. The number of nitrogens with one attached hydrogen (secondary N) is 2. The second-order valence-corrected chi connectivity index (χ2v) is 8.61. The van der Waals surface area contributed by atoms with E-state index in [-0.39, 0.29) is 16.3 Å². The van der Waals surface area contributed by atoms with E-state index in [0.29, 0.717) is 11.5 Å². The zero-order valence-electron chi connectivity index (χ0n) is 15.0. The molecule has 0 spiro atoms. The van der Waals surface area contributed by atoms with E-state index in [2.05, 4.69) is 36.1 Å². The quantitative estimate of drug-likeness (QED) is 0.577. The van der Waals surface area contributed by atoms with Crippen LogP contribution in [0.3, 0.4) is 0 Å². The molecule has 1 amide bonds. The highest BCUT2D eigenvalue weighted by molar-refractivity contribution is 9.10. The van der Waals surface area contributed by atoms with E-state index in [1.165, 1.54) is 24.3 Å². The molecule has 0 aliphatic carbocycles. The Balaban J connectivity index is 1.77.